The molecule has 0 aliphatic carbocycles. The maximum atomic E-state index is 12.7. The number of piperidine rings is 1. The highest BCUT2D eigenvalue weighted by atomic mass is 35.5. The summed E-state index contributed by atoms with van der Waals surface area (Å²) < 4.78 is 0. The van der Waals surface area contributed by atoms with Crippen molar-refractivity contribution in [2.45, 2.75) is 63.8 Å². The molecule has 2 unspecified atom stereocenters. The average molecular weight is 415 g/mol. The Hall–Kier alpha value is -1.34. The number of nitrogens with zero attached hydrogens (tertiary/aromatic N) is 2. The average Bonchev–Trinajstić information content (AvgIpc) is 3.21. The second-order valence-electron chi connectivity index (χ2n) is 8.22. The fourth-order valence-electron chi connectivity index (χ4n) is 4.38. The Morgan fingerprint density at radius 1 is 1.04 bits per heavy atom. The number of hydrogen-bond donors (Lipinski definition) is 2. The summed E-state index contributed by atoms with van der Waals surface area (Å²) in [6.45, 7) is 3.90. The molecule has 2 atom stereocenters. The molecule has 0 saturated carbocycles. The van der Waals surface area contributed by atoms with Crippen molar-refractivity contribution in [2.75, 3.05) is 39.3 Å². The molecular formula is C20H35ClN4O3. The zero-order chi connectivity index (χ0) is 19.1. The van der Waals surface area contributed by atoms with Crippen LogP contribution in [0.5, 0.6) is 0 Å². The predicted molar refractivity (Wildman–Crippen MR) is 110 cm³/mol. The minimum absolute atomic E-state index is 0. The van der Waals surface area contributed by atoms with Crippen LogP contribution in [0.2, 0.25) is 0 Å². The highest BCUT2D eigenvalue weighted by Gasteiger charge is 2.28. The van der Waals surface area contributed by atoms with E-state index in [1.54, 1.807) is 4.90 Å². The molecule has 8 heteroatoms. The third-order valence-electron chi connectivity index (χ3n) is 6.06. The van der Waals surface area contributed by atoms with Crippen LogP contribution >= 0.6 is 12.4 Å². The SMILES string of the molecule is Cl.O=C(NCC1CCCN(C(=O)CN2CCCCCCC2=O)C1)C1CCCN1. The van der Waals surface area contributed by atoms with E-state index in [1.807, 2.05) is 4.90 Å². The summed E-state index contributed by atoms with van der Waals surface area (Å²) in [5.74, 6) is 0.559. The Bertz CT molecular complexity index is 540. The number of nitrogens with one attached hydrogen (secondary N) is 2. The molecule has 2 N–H and O–H groups in total. The van der Waals surface area contributed by atoms with E-state index in [9.17, 15) is 14.4 Å². The van der Waals surface area contributed by atoms with Crippen LogP contribution in [0.1, 0.15) is 57.8 Å². The van der Waals surface area contributed by atoms with Gasteiger partial charge in [0.15, 0.2) is 0 Å². The first-order valence-corrected chi connectivity index (χ1v) is 10.7. The van der Waals surface area contributed by atoms with Crippen LogP contribution in [0.25, 0.3) is 0 Å². The van der Waals surface area contributed by atoms with Gasteiger partial charge >= 0.3 is 0 Å². The molecule has 7 nitrogen and oxygen atoms in total. The summed E-state index contributed by atoms with van der Waals surface area (Å²) in [6.07, 6.45) is 8.70. The lowest BCUT2D eigenvalue weighted by Crippen LogP contribution is -2.49. The largest absolute Gasteiger partial charge is 0.354 e. The van der Waals surface area contributed by atoms with Crippen LogP contribution in [0.3, 0.4) is 0 Å². The maximum Gasteiger partial charge on any atom is 0.242 e. The van der Waals surface area contributed by atoms with Gasteiger partial charge in [0.2, 0.25) is 17.7 Å². The maximum absolute atomic E-state index is 12.7. The number of carbonyl (C=O) groups excluding carboxylic acids is 3. The molecule has 28 heavy (non-hydrogen) atoms. The van der Waals surface area contributed by atoms with E-state index in [4.69, 9.17) is 0 Å². The van der Waals surface area contributed by atoms with Gasteiger partial charge in [0.25, 0.3) is 0 Å². The van der Waals surface area contributed by atoms with Crippen LogP contribution in [-0.4, -0.2) is 72.8 Å². The standard InChI is InChI=1S/C20H34N4O3.ClH/c25-18-9-3-1-2-4-11-24(18)15-19(26)23-12-6-7-16(14-23)13-22-20(27)17-8-5-10-21-17;/h16-17,21H,1-15H2,(H,22,27);1H. The Labute approximate surface area is 174 Å². The van der Waals surface area contributed by atoms with E-state index in [0.717, 1.165) is 64.5 Å². The summed E-state index contributed by atoms with van der Waals surface area (Å²) in [5, 5.41) is 6.27. The molecule has 3 heterocycles. The number of likely N-dealkylation sites (tertiary alicyclic amines) is 2. The first-order valence-electron chi connectivity index (χ1n) is 10.7. The van der Waals surface area contributed by atoms with Gasteiger partial charge in [-0.05, 0) is 51.0 Å². The summed E-state index contributed by atoms with van der Waals surface area (Å²) in [7, 11) is 0. The molecule has 3 aliphatic rings. The zero-order valence-electron chi connectivity index (χ0n) is 16.8. The molecule has 0 aromatic rings. The second-order valence-corrected chi connectivity index (χ2v) is 8.22. The fraction of sp³-hybridized carbons (Fsp3) is 0.850. The van der Waals surface area contributed by atoms with Gasteiger partial charge in [0.05, 0.1) is 12.6 Å². The topological polar surface area (TPSA) is 81.8 Å². The minimum atomic E-state index is -0.0514. The van der Waals surface area contributed by atoms with E-state index in [0.29, 0.717) is 32.0 Å². The van der Waals surface area contributed by atoms with E-state index in [2.05, 4.69) is 10.6 Å². The molecule has 0 bridgehead atoms. The first-order chi connectivity index (χ1) is 13.1. The summed E-state index contributed by atoms with van der Waals surface area (Å²) in [5.41, 5.74) is 0. The van der Waals surface area contributed by atoms with Gasteiger partial charge in [-0.25, -0.2) is 0 Å². The van der Waals surface area contributed by atoms with Crippen LogP contribution < -0.4 is 10.6 Å². The smallest absolute Gasteiger partial charge is 0.242 e. The molecule has 3 saturated heterocycles. The van der Waals surface area contributed by atoms with E-state index < -0.39 is 0 Å². The summed E-state index contributed by atoms with van der Waals surface area (Å²) >= 11 is 0. The monoisotopic (exact) mass is 414 g/mol. The minimum Gasteiger partial charge on any atom is -0.354 e. The van der Waals surface area contributed by atoms with Crippen LogP contribution in [0, 0.1) is 5.92 Å². The van der Waals surface area contributed by atoms with Crippen molar-refractivity contribution < 1.29 is 14.4 Å². The van der Waals surface area contributed by atoms with Crippen molar-refractivity contribution in [3.63, 3.8) is 0 Å². The predicted octanol–water partition coefficient (Wildman–Crippen LogP) is 1.31. The lowest BCUT2D eigenvalue weighted by molar-refractivity contribution is -0.142. The Kier molecular flexibility index (Phi) is 9.51. The van der Waals surface area contributed by atoms with Crippen molar-refractivity contribution in [3.8, 4) is 0 Å². The lowest BCUT2D eigenvalue weighted by atomic mass is 9.97. The van der Waals surface area contributed by atoms with Gasteiger partial charge in [-0.1, -0.05) is 12.8 Å². The van der Waals surface area contributed by atoms with Gasteiger partial charge in [-0.3, -0.25) is 14.4 Å². The van der Waals surface area contributed by atoms with E-state index in [1.165, 1.54) is 0 Å². The molecule has 3 amide bonds. The number of hydrogen-bond acceptors (Lipinski definition) is 4. The number of carbonyl (C=O) groups is 3. The molecule has 0 spiro atoms. The van der Waals surface area contributed by atoms with E-state index >= 15 is 0 Å². The molecular weight excluding hydrogens is 380 g/mol. The highest BCUT2D eigenvalue weighted by Crippen LogP contribution is 2.18. The summed E-state index contributed by atoms with van der Waals surface area (Å²) in [6, 6.07) is -0.0514. The quantitative estimate of drug-likeness (QED) is 0.710. The zero-order valence-corrected chi connectivity index (χ0v) is 17.6. The molecule has 3 rings (SSSR count). The molecule has 3 fully saturated rings. The van der Waals surface area contributed by atoms with E-state index in [-0.39, 0.29) is 42.7 Å². The molecule has 160 valence electrons. The van der Waals surface area contributed by atoms with Crippen LogP contribution in [0.15, 0.2) is 0 Å². The van der Waals surface area contributed by atoms with Gasteiger partial charge in [0.1, 0.15) is 0 Å². The second kappa shape index (κ2) is 11.6. The molecule has 0 radical (unpaired) electrons. The number of rotatable bonds is 5. The van der Waals surface area contributed by atoms with Gasteiger partial charge in [0, 0.05) is 32.6 Å². The summed E-state index contributed by atoms with van der Waals surface area (Å²) in [4.78, 5) is 40.8. The van der Waals surface area contributed by atoms with Crippen molar-refractivity contribution in [3.05, 3.63) is 0 Å². The van der Waals surface area contributed by atoms with Crippen LogP contribution in [-0.2, 0) is 14.4 Å². The Morgan fingerprint density at radius 2 is 1.86 bits per heavy atom. The molecule has 3 aliphatic heterocycles. The van der Waals surface area contributed by atoms with Gasteiger partial charge < -0.3 is 20.4 Å². The Morgan fingerprint density at radius 3 is 2.64 bits per heavy atom. The highest BCUT2D eigenvalue weighted by molar-refractivity contribution is 5.85. The van der Waals surface area contributed by atoms with Gasteiger partial charge in [-0.2, -0.15) is 0 Å². The third-order valence-corrected chi connectivity index (χ3v) is 6.06. The van der Waals surface area contributed by atoms with Crippen molar-refractivity contribution in [1.82, 2.24) is 20.4 Å². The number of halogens is 1. The molecule has 0 aromatic heterocycles. The first kappa shape index (κ1) is 22.9. The van der Waals surface area contributed by atoms with Crippen molar-refractivity contribution in [1.29, 1.82) is 0 Å². The molecule has 0 aromatic carbocycles. The lowest BCUT2D eigenvalue weighted by Gasteiger charge is -2.35. The van der Waals surface area contributed by atoms with Crippen LogP contribution in [0.4, 0.5) is 0 Å². The van der Waals surface area contributed by atoms with Crippen molar-refractivity contribution >= 4 is 30.1 Å². The third kappa shape index (κ3) is 6.62. The Balaban J connectivity index is 0.00000280. The van der Waals surface area contributed by atoms with Crippen molar-refractivity contribution in [2.24, 2.45) is 5.92 Å². The normalized spacial score (nSPS) is 26.2. The van der Waals surface area contributed by atoms with Gasteiger partial charge in [-0.15, -0.1) is 12.4 Å². The fourth-order valence-corrected chi connectivity index (χ4v) is 4.38. The number of amides is 3.